The van der Waals surface area contributed by atoms with E-state index < -0.39 is 11.6 Å². The molecule has 0 aliphatic rings. The Morgan fingerprint density at radius 2 is 1.78 bits per heavy atom. The summed E-state index contributed by atoms with van der Waals surface area (Å²) in [6, 6.07) is 15.5. The molecule has 2 aromatic rings. The van der Waals surface area contributed by atoms with Crippen molar-refractivity contribution in [2.75, 3.05) is 7.11 Å². The fraction of sp³-hybridized carbons (Fsp3) is 0.333. The van der Waals surface area contributed by atoms with Gasteiger partial charge in [0.2, 0.25) is 0 Å². The zero-order chi connectivity index (χ0) is 17.0. The molecular weight excluding hydrogens is 358 g/mol. The van der Waals surface area contributed by atoms with Gasteiger partial charge in [-0.25, -0.2) is 0 Å². The van der Waals surface area contributed by atoms with E-state index in [9.17, 15) is 10.3 Å². The van der Waals surface area contributed by atoms with E-state index in [0.717, 1.165) is 21.3 Å². The predicted molar refractivity (Wildman–Crippen MR) is 94.0 cm³/mol. The van der Waals surface area contributed by atoms with E-state index in [4.69, 9.17) is 4.74 Å². The molecule has 2 rings (SSSR count). The van der Waals surface area contributed by atoms with E-state index in [2.05, 4.69) is 21.4 Å². The summed E-state index contributed by atoms with van der Waals surface area (Å²) in [4.78, 5) is 0. The summed E-state index contributed by atoms with van der Waals surface area (Å²) >= 11 is 3.49. The summed E-state index contributed by atoms with van der Waals surface area (Å²) in [5.74, 6) is 0.508. The van der Waals surface area contributed by atoms with E-state index >= 15 is 0 Å². The molecule has 0 heterocycles. The minimum absolute atomic E-state index is 0.254. The van der Waals surface area contributed by atoms with Crippen LogP contribution in [0.3, 0.4) is 0 Å². The van der Waals surface area contributed by atoms with Crippen molar-refractivity contribution in [2.24, 2.45) is 0 Å². The van der Waals surface area contributed by atoms with Crippen LogP contribution in [0.4, 0.5) is 0 Å². The molecule has 5 heteroatoms. The Balaban J connectivity index is 2.58. The third kappa shape index (κ3) is 3.75. The van der Waals surface area contributed by atoms with Crippen LogP contribution >= 0.6 is 15.9 Å². The van der Waals surface area contributed by atoms with Crippen molar-refractivity contribution in [3.63, 3.8) is 0 Å². The molecule has 0 aliphatic carbocycles. The fourth-order valence-corrected chi connectivity index (χ4v) is 3.18. The van der Waals surface area contributed by atoms with Crippen molar-refractivity contribution in [3.05, 3.63) is 64.1 Å². The number of aliphatic hydroxyl groups is 1. The molecule has 0 spiro atoms. The Bertz CT molecular complexity index is 645. The molecule has 4 nitrogen and oxygen atoms in total. The molecular formula is C18H22BrNO3. The van der Waals surface area contributed by atoms with E-state index in [1.807, 2.05) is 48.5 Å². The number of aliphatic hydroxyl groups excluding tert-OH is 1. The molecule has 0 saturated carbocycles. The Hall–Kier alpha value is -1.40. The van der Waals surface area contributed by atoms with Gasteiger partial charge in [0, 0.05) is 10.4 Å². The first-order valence-electron chi connectivity index (χ1n) is 7.41. The van der Waals surface area contributed by atoms with E-state index in [-0.39, 0.29) is 5.92 Å². The minimum atomic E-state index is -0.949. The van der Waals surface area contributed by atoms with Crippen LogP contribution in [0.2, 0.25) is 0 Å². The van der Waals surface area contributed by atoms with Crippen molar-refractivity contribution in [3.8, 4) is 5.75 Å². The monoisotopic (exact) mass is 379 g/mol. The fourth-order valence-electron chi connectivity index (χ4n) is 2.77. The van der Waals surface area contributed by atoms with Crippen molar-refractivity contribution in [1.29, 1.82) is 0 Å². The number of rotatable bonds is 6. The second-order valence-corrected chi connectivity index (χ2v) is 6.75. The number of hydrogen-bond donors (Lipinski definition) is 3. The van der Waals surface area contributed by atoms with E-state index in [1.54, 1.807) is 21.0 Å². The molecule has 0 radical (unpaired) electrons. The highest BCUT2D eigenvalue weighted by molar-refractivity contribution is 9.10. The first-order chi connectivity index (χ1) is 10.9. The summed E-state index contributed by atoms with van der Waals surface area (Å²) in [5.41, 5.74) is 3.32. The molecule has 0 fully saturated rings. The largest absolute Gasteiger partial charge is 0.497 e. The van der Waals surface area contributed by atoms with Crippen molar-refractivity contribution in [1.82, 2.24) is 5.48 Å². The number of hydrogen-bond acceptors (Lipinski definition) is 4. The van der Waals surface area contributed by atoms with Gasteiger partial charge in [-0.2, -0.15) is 5.48 Å². The minimum Gasteiger partial charge on any atom is -0.497 e. The van der Waals surface area contributed by atoms with Crippen molar-refractivity contribution in [2.45, 2.75) is 31.4 Å². The third-order valence-corrected chi connectivity index (χ3v) is 4.83. The average Bonchev–Trinajstić information content (AvgIpc) is 2.55. The molecule has 23 heavy (non-hydrogen) atoms. The van der Waals surface area contributed by atoms with Gasteiger partial charge in [-0.05, 0) is 49.2 Å². The van der Waals surface area contributed by atoms with Crippen LogP contribution in [0.1, 0.15) is 30.9 Å². The Morgan fingerprint density at radius 3 is 2.26 bits per heavy atom. The first-order valence-corrected chi connectivity index (χ1v) is 8.20. The smallest absolute Gasteiger partial charge is 0.118 e. The zero-order valence-corrected chi connectivity index (χ0v) is 15.0. The molecule has 0 amide bonds. The normalized spacial score (nSPS) is 16.4. The zero-order valence-electron chi connectivity index (χ0n) is 13.5. The summed E-state index contributed by atoms with van der Waals surface area (Å²) in [6.45, 7) is 3.46. The van der Waals surface area contributed by atoms with Crippen molar-refractivity contribution >= 4 is 15.9 Å². The van der Waals surface area contributed by atoms with Crippen LogP contribution in [-0.2, 0) is 0 Å². The second-order valence-electron chi connectivity index (χ2n) is 5.83. The lowest BCUT2D eigenvalue weighted by Crippen LogP contribution is -2.54. The Morgan fingerprint density at radius 1 is 1.13 bits per heavy atom. The van der Waals surface area contributed by atoms with Crippen LogP contribution in [-0.4, -0.2) is 29.1 Å². The van der Waals surface area contributed by atoms with Gasteiger partial charge in [0.25, 0.3) is 0 Å². The summed E-state index contributed by atoms with van der Waals surface area (Å²) in [5, 5.41) is 20.0. The lowest BCUT2D eigenvalue weighted by molar-refractivity contribution is -0.0196. The first kappa shape index (κ1) is 17.9. The van der Waals surface area contributed by atoms with E-state index in [1.165, 1.54) is 0 Å². The summed E-state index contributed by atoms with van der Waals surface area (Å²) < 4.78 is 6.16. The Labute approximate surface area is 145 Å². The van der Waals surface area contributed by atoms with Gasteiger partial charge in [-0.3, -0.25) is 0 Å². The average molecular weight is 380 g/mol. The SMILES string of the molecule is COc1ccc(C(c2cccc(Br)c2)C(C)(NO)C(C)O)cc1. The molecule has 0 aliphatic heterocycles. The summed E-state index contributed by atoms with van der Waals surface area (Å²) in [6.07, 6.45) is -0.779. The van der Waals surface area contributed by atoms with Crippen LogP contribution in [0.15, 0.2) is 53.0 Å². The topological polar surface area (TPSA) is 61.7 Å². The molecule has 3 N–H and O–H groups in total. The number of methoxy groups -OCH3 is 1. The number of hydroxylamine groups is 1. The lowest BCUT2D eigenvalue weighted by Gasteiger charge is -2.39. The maximum atomic E-state index is 10.3. The van der Waals surface area contributed by atoms with Crippen LogP contribution in [0.25, 0.3) is 0 Å². The highest BCUT2D eigenvalue weighted by atomic mass is 79.9. The predicted octanol–water partition coefficient (Wildman–Crippen LogP) is 3.71. The van der Waals surface area contributed by atoms with Gasteiger partial charge in [-0.15, -0.1) is 0 Å². The number of nitrogens with one attached hydrogen (secondary N) is 1. The van der Waals surface area contributed by atoms with Gasteiger partial charge in [0.05, 0.1) is 18.8 Å². The maximum absolute atomic E-state index is 10.3. The summed E-state index contributed by atoms with van der Waals surface area (Å²) in [7, 11) is 1.62. The molecule has 3 unspecified atom stereocenters. The molecule has 0 aromatic heterocycles. The van der Waals surface area contributed by atoms with Crippen LogP contribution in [0.5, 0.6) is 5.75 Å². The molecule has 0 saturated heterocycles. The highest BCUT2D eigenvalue weighted by Crippen LogP contribution is 2.38. The second kappa shape index (κ2) is 7.45. The van der Waals surface area contributed by atoms with Crippen molar-refractivity contribution < 1.29 is 15.1 Å². The number of benzene rings is 2. The highest BCUT2D eigenvalue weighted by Gasteiger charge is 2.40. The van der Waals surface area contributed by atoms with Gasteiger partial charge >= 0.3 is 0 Å². The quantitative estimate of drug-likeness (QED) is 0.669. The maximum Gasteiger partial charge on any atom is 0.118 e. The molecule has 0 bridgehead atoms. The lowest BCUT2D eigenvalue weighted by atomic mass is 9.74. The number of halogens is 1. The molecule has 124 valence electrons. The third-order valence-electron chi connectivity index (χ3n) is 4.34. The van der Waals surface area contributed by atoms with Gasteiger partial charge < -0.3 is 15.1 Å². The van der Waals surface area contributed by atoms with Gasteiger partial charge in [0.1, 0.15) is 5.75 Å². The van der Waals surface area contributed by atoms with Gasteiger partial charge in [-0.1, -0.05) is 40.2 Å². The van der Waals surface area contributed by atoms with E-state index in [0.29, 0.717) is 0 Å². The molecule has 3 atom stereocenters. The molecule has 2 aromatic carbocycles. The standard InChI is InChI=1S/C18H22BrNO3/c1-12(21)18(2,20-22)17(14-5-4-6-15(19)11-14)13-7-9-16(23-3)10-8-13/h4-12,17,20-22H,1-3H3. The van der Waals surface area contributed by atoms with Crippen LogP contribution < -0.4 is 10.2 Å². The Kier molecular flexibility index (Phi) is 5.81. The van der Waals surface area contributed by atoms with Gasteiger partial charge in [0.15, 0.2) is 0 Å². The number of ether oxygens (including phenoxy) is 1. The van der Waals surface area contributed by atoms with Crippen LogP contribution in [0, 0.1) is 0 Å².